The Morgan fingerprint density at radius 1 is 1.32 bits per heavy atom. The molecule has 1 fully saturated rings. The maximum absolute atomic E-state index is 5.72. The predicted molar refractivity (Wildman–Crippen MR) is 77.4 cm³/mol. The first kappa shape index (κ1) is 14.2. The van der Waals surface area contributed by atoms with Gasteiger partial charge in [-0.25, -0.2) is 0 Å². The van der Waals surface area contributed by atoms with Gasteiger partial charge in [0.15, 0.2) is 0 Å². The number of methoxy groups -OCH3 is 1. The number of nitrogens with zero attached hydrogens (tertiary/aromatic N) is 1. The largest absolute Gasteiger partial charge is 0.492 e. The molecule has 1 saturated heterocycles. The number of rotatable bonds is 6. The maximum atomic E-state index is 5.72. The molecule has 0 bridgehead atoms. The first-order chi connectivity index (χ1) is 9.28. The predicted octanol–water partition coefficient (Wildman–Crippen LogP) is 2.01. The van der Waals surface area contributed by atoms with Crippen LogP contribution in [0.3, 0.4) is 0 Å². The van der Waals surface area contributed by atoms with Crippen molar-refractivity contribution in [1.29, 1.82) is 0 Å². The molecule has 1 aromatic carbocycles. The number of hydrogen-bond acceptors (Lipinski definition) is 4. The molecule has 2 rings (SSSR count). The lowest BCUT2D eigenvalue weighted by Crippen LogP contribution is -2.37. The summed E-state index contributed by atoms with van der Waals surface area (Å²) in [7, 11) is 1.78. The SMILES string of the molecule is COCC1CCN(CCOc2cccc(N)c2)CC1. The van der Waals surface area contributed by atoms with Crippen LogP contribution in [-0.2, 0) is 4.74 Å². The molecule has 0 aliphatic carbocycles. The third kappa shape index (κ3) is 4.73. The average Bonchev–Trinajstić information content (AvgIpc) is 2.41. The minimum absolute atomic E-state index is 0.721. The van der Waals surface area contributed by atoms with Crippen LogP contribution in [0.1, 0.15) is 12.8 Å². The van der Waals surface area contributed by atoms with E-state index in [4.69, 9.17) is 15.2 Å². The van der Waals surface area contributed by atoms with Gasteiger partial charge >= 0.3 is 0 Å². The van der Waals surface area contributed by atoms with Crippen LogP contribution in [0, 0.1) is 5.92 Å². The van der Waals surface area contributed by atoms with E-state index in [0.717, 1.165) is 50.2 Å². The van der Waals surface area contributed by atoms with Crippen molar-refractivity contribution in [3.8, 4) is 5.75 Å². The fraction of sp³-hybridized carbons (Fsp3) is 0.600. The minimum atomic E-state index is 0.721. The molecule has 0 spiro atoms. The second kappa shape index (κ2) is 7.36. The molecule has 0 saturated carbocycles. The Morgan fingerprint density at radius 3 is 2.79 bits per heavy atom. The molecule has 1 aliphatic heterocycles. The summed E-state index contributed by atoms with van der Waals surface area (Å²) in [6, 6.07) is 7.60. The topological polar surface area (TPSA) is 47.7 Å². The molecule has 2 N–H and O–H groups in total. The Bertz CT molecular complexity index is 376. The van der Waals surface area contributed by atoms with Crippen LogP contribution < -0.4 is 10.5 Å². The van der Waals surface area contributed by atoms with Crippen molar-refractivity contribution in [3.05, 3.63) is 24.3 Å². The van der Waals surface area contributed by atoms with E-state index in [1.165, 1.54) is 12.8 Å². The van der Waals surface area contributed by atoms with Crippen LogP contribution in [0.5, 0.6) is 5.75 Å². The maximum Gasteiger partial charge on any atom is 0.121 e. The number of hydrogen-bond donors (Lipinski definition) is 1. The second-order valence-corrected chi connectivity index (χ2v) is 5.16. The Kier molecular flexibility index (Phi) is 5.48. The summed E-state index contributed by atoms with van der Waals surface area (Å²) in [4.78, 5) is 2.46. The molecule has 0 atom stereocenters. The fourth-order valence-corrected chi connectivity index (χ4v) is 2.51. The van der Waals surface area contributed by atoms with Crippen molar-refractivity contribution in [2.75, 3.05) is 45.7 Å². The lowest BCUT2D eigenvalue weighted by molar-refractivity contribution is 0.0928. The van der Waals surface area contributed by atoms with Crippen molar-refractivity contribution >= 4 is 5.69 Å². The Balaban J connectivity index is 1.64. The molecule has 19 heavy (non-hydrogen) atoms. The van der Waals surface area contributed by atoms with E-state index in [9.17, 15) is 0 Å². The van der Waals surface area contributed by atoms with Crippen molar-refractivity contribution in [2.45, 2.75) is 12.8 Å². The third-order valence-electron chi connectivity index (χ3n) is 3.64. The van der Waals surface area contributed by atoms with Crippen LogP contribution in [0.2, 0.25) is 0 Å². The molecule has 4 heteroatoms. The average molecular weight is 264 g/mol. The van der Waals surface area contributed by atoms with Crippen LogP contribution in [-0.4, -0.2) is 44.9 Å². The Labute approximate surface area is 115 Å². The summed E-state index contributed by atoms with van der Waals surface area (Å²) in [5.41, 5.74) is 6.46. The number of nitrogens with two attached hydrogens (primary N) is 1. The first-order valence-corrected chi connectivity index (χ1v) is 6.97. The van der Waals surface area contributed by atoms with E-state index >= 15 is 0 Å². The van der Waals surface area contributed by atoms with Gasteiger partial charge < -0.3 is 15.2 Å². The first-order valence-electron chi connectivity index (χ1n) is 6.97. The van der Waals surface area contributed by atoms with Crippen LogP contribution in [0.4, 0.5) is 5.69 Å². The van der Waals surface area contributed by atoms with Gasteiger partial charge in [0.2, 0.25) is 0 Å². The quantitative estimate of drug-likeness (QED) is 0.798. The van der Waals surface area contributed by atoms with Gasteiger partial charge in [0.1, 0.15) is 12.4 Å². The summed E-state index contributed by atoms with van der Waals surface area (Å²) < 4.78 is 10.9. The molecule has 0 aromatic heterocycles. The molecule has 1 heterocycles. The van der Waals surface area contributed by atoms with Gasteiger partial charge in [0.25, 0.3) is 0 Å². The number of likely N-dealkylation sites (tertiary alicyclic amines) is 1. The highest BCUT2D eigenvalue weighted by Gasteiger charge is 2.18. The van der Waals surface area contributed by atoms with Crippen molar-refractivity contribution in [1.82, 2.24) is 4.90 Å². The lowest BCUT2D eigenvalue weighted by Gasteiger charge is -2.31. The van der Waals surface area contributed by atoms with Gasteiger partial charge in [0, 0.05) is 32.0 Å². The van der Waals surface area contributed by atoms with Crippen molar-refractivity contribution < 1.29 is 9.47 Å². The van der Waals surface area contributed by atoms with E-state index in [1.54, 1.807) is 7.11 Å². The van der Waals surface area contributed by atoms with Crippen molar-refractivity contribution in [2.24, 2.45) is 5.92 Å². The van der Waals surface area contributed by atoms with E-state index in [0.29, 0.717) is 0 Å². The number of nitrogen functional groups attached to an aromatic ring is 1. The number of piperidine rings is 1. The van der Waals surface area contributed by atoms with Gasteiger partial charge in [-0.05, 0) is 44.0 Å². The van der Waals surface area contributed by atoms with E-state index in [-0.39, 0.29) is 0 Å². The standard InChI is InChI=1S/C15H24N2O2/c1-18-12-13-5-7-17(8-6-13)9-10-19-15-4-2-3-14(16)11-15/h2-4,11,13H,5-10,12,16H2,1H3. The van der Waals surface area contributed by atoms with E-state index in [1.807, 2.05) is 24.3 Å². The molecular weight excluding hydrogens is 240 g/mol. The highest BCUT2D eigenvalue weighted by atomic mass is 16.5. The summed E-state index contributed by atoms with van der Waals surface area (Å²) >= 11 is 0. The molecular formula is C15H24N2O2. The fourth-order valence-electron chi connectivity index (χ4n) is 2.51. The Hall–Kier alpha value is -1.26. The summed E-state index contributed by atoms with van der Waals surface area (Å²) in [6.45, 7) is 4.89. The second-order valence-electron chi connectivity index (χ2n) is 5.16. The van der Waals surface area contributed by atoms with Gasteiger partial charge in [-0.15, -0.1) is 0 Å². The molecule has 0 radical (unpaired) electrons. The number of benzene rings is 1. The number of ether oxygens (including phenoxy) is 2. The normalized spacial score (nSPS) is 17.5. The number of anilines is 1. The molecule has 106 valence electrons. The zero-order valence-electron chi connectivity index (χ0n) is 11.7. The summed E-state index contributed by atoms with van der Waals surface area (Å²) in [6.07, 6.45) is 2.46. The van der Waals surface area contributed by atoms with Crippen LogP contribution in [0.25, 0.3) is 0 Å². The van der Waals surface area contributed by atoms with Gasteiger partial charge in [0.05, 0.1) is 0 Å². The van der Waals surface area contributed by atoms with Gasteiger partial charge in [-0.1, -0.05) is 6.07 Å². The molecule has 0 amide bonds. The van der Waals surface area contributed by atoms with E-state index in [2.05, 4.69) is 4.90 Å². The smallest absolute Gasteiger partial charge is 0.121 e. The highest BCUT2D eigenvalue weighted by molar-refractivity contribution is 5.43. The van der Waals surface area contributed by atoms with Crippen LogP contribution >= 0.6 is 0 Å². The highest BCUT2D eigenvalue weighted by Crippen LogP contribution is 2.18. The molecule has 4 nitrogen and oxygen atoms in total. The molecule has 0 unspecified atom stereocenters. The summed E-state index contributed by atoms with van der Waals surface area (Å²) in [5, 5.41) is 0. The Morgan fingerprint density at radius 2 is 2.11 bits per heavy atom. The van der Waals surface area contributed by atoms with E-state index < -0.39 is 0 Å². The molecule has 1 aromatic rings. The zero-order valence-corrected chi connectivity index (χ0v) is 11.7. The monoisotopic (exact) mass is 264 g/mol. The van der Waals surface area contributed by atoms with Gasteiger partial charge in [-0.3, -0.25) is 4.90 Å². The summed E-state index contributed by atoms with van der Waals surface area (Å²) in [5.74, 6) is 1.59. The zero-order chi connectivity index (χ0) is 13.5. The van der Waals surface area contributed by atoms with Crippen LogP contribution in [0.15, 0.2) is 24.3 Å². The molecule has 1 aliphatic rings. The third-order valence-corrected chi connectivity index (χ3v) is 3.64. The minimum Gasteiger partial charge on any atom is -0.492 e. The lowest BCUT2D eigenvalue weighted by atomic mass is 9.98. The van der Waals surface area contributed by atoms with Crippen molar-refractivity contribution in [3.63, 3.8) is 0 Å². The van der Waals surface area contributed by atoms with Gasteiger partial charge in [-0.2, -0.15) is 0 Å².